The zero-order chi connectivity index (χ0) is 14.2. The molecule has 1 aliphatic rings. The van der Waals surface area contributed by atoms with Crippen LogP contribution in [0.1, 0.15) is 16.8 Å². The highest BCUT2D eigenvalue weighted by atomic mass is 19.2. The molecule has 2 atom stereocenters. The molecule has 1 amide bonds. The number of nitrogens with zero attached hydrogens (tertiary/aromatic N) is 1. The van der Waals surface area contributed by atoms with E-state index in [2.05, 4.69) is 0 Å². The lowest BCUT2D eigenvalue weighted by atomic mass is 10.1. The molecule has 102 valence electrons. The average Bonchev–Trinajstić information content (AvgIpc) is 2.74. The van der Waals surface area contributed by atoms with E-state index in [1.807, 2.05) is 0 Å². The number of aliphatic hydroxyl groups is 1. The highest BCUT2D eigenvalue weighted by molar-refractivity contribution is 5.97. The van der Waals surface area contributed by atoms with Crippen LogP contribution in [0, 0.1) is 11.6 Å². The van der Waals surface area contributed by atoms with Crippen molar-refractivity contribution >= 4 is 11.9 Å². The Morgan fingerprint density at radius 3 is 2.53 bits per heavy atom. The molecule has 2 N–H and O–H groups in total. The molecule has 0 unspecified atom stereocenters. The fourth-order valence-corrected chi connectivity index (χ4v) is 2.07. The fraction of sp³-hybridized carbons (Fsp3) is 0.333. The lowest BCUT2D eigenvalue weighted by Gasteiger charge is -2.21. The molecule has 1 saturated heterocycles. The van der Waals surface area contributed by atoms with Crippen molar-refractivity contribution in [2.45, 2.75) is 18.6 Å². The Labute approximate surface area is 107 Å². The summed E-state index contributed by atoms with van der Waals surface area (Å²) in [5, 5.41) is 18.4. The van der Waals surface area contributed by atoms with Crippen molar-refractivity contribution in [1.29, 1.82) is 0 Å². The summed E-state index contributed by atoms with van der Waals surface area (Å²) in [5.41, 5.74) is -0.153. The van der Waals surface area contributed by atoms with Crippen LogP contribution in [0.3, 0.4) is 0 Å². The summed E-state index contributed by atoms with van der Waals surface area (Å²) in [7, 11) is 0. The van der Waals surface area contributed by atoms with E-state index in [1.165, 1.54) is 0 Å². The van der Waals surface area contributed by atoms with Gasteiger partial charge in [0.2, 0.25) is 0 Å². The van der Waals surface area contributed by atoms with Gasteiger partial charge >= 0.3 is 5.97 Å². The number of carbonyl (C=O) groups is 2. The minimum Gasteiger partial charge on any atom is -0.480 e. The van der Waals surface area contributed by atoms with Gasteiger partial charge in [0.15, 0.2) is 11.6 Å². The molecule has 7 heteroatoms. The summed E-state index contributed by atoms with van der Waals surface area (Å²) in [6, 6.07) is 1.42. The predicted molar refractivity (Wildman–Crippen MR) is 59.4 cm³/mol. The molecule has 0 aromatic heterocycles. The highest BCUT2D eigenvalue weighted by Gasteiger charge is 2.39. The van der Waals surface area contributed by atoms with E-state index in [1.54, 1.807) is 0 Å². The van der Waals surface area contributed by atoms with Crippen LogP contribution in [0.4, 0.5) is 8.78 Å². The molecule has 5 nitrogen and oxygen atoms in total. The second-order valence-electron chi connectivity index (χ2n) is 4.33. The van der Waals surface area contributed by atoms with Gasteiger partial charge in [-0.2, -0.15) is 0 Å². The molecule has 0 bridgehead atoms. The minimum atomic E-state index is -1.24. The molecule has 1 fully saturated rings. The van der Waals surface area contributed by atoms with E-state index in [0.717, 1.165) is 17.0 Å². The Morgan fingerprint density at radius 2 is 1.95 bits per heavy atom. The molecule has 1 aromatic carbocycles. The fourth-order valence-electron chi connectivity index (χ4n) is 2.07. The summed E-state index contributed by atoms with van der Waals surface area (Å²) < 4.78 is 25.8. The van der Waals surface area contributed by atoms with Crippen LogP contribution >= 0.6 is 0 Å². The second kappa shape index (κ2) is 4.93. The first kappa shape index (κ1) is 13.4. The van der Waals surface area contributed by atoms with Gasteiger partial charge in [-0.3, -0.25) is 4.79 Å². The van der Waals surface area contributed by atoms with Crippen molar-refractivity contribution in [1.82, 2.24) is 4.90 Å². The quantitative estimate of drug-likeness (QED) is 0.826. The first-order valence-corrected chi connectivity index (χ1v) is 5.57. The van der Waals surface area contributed by atoms with E-state index in [9.17, 15) is 23.5 Å². The highest BCUT2D eigenvalue weighted by Crippen LogP contribution is 2.21. The number of aliphatic hydroxyl groups excluding tert-OH is 1. The standard InChI is InChI=1S/C12H11F2NO4/c13-8-2-1-6(3-9(8)14)11(17)15-5-7(16)4-10(15)12(18)19/h1-3,7,10,16H,4-5H2,(H,18,19)/t7-,10-/m1/s1. The number of halogens is 2. The Kier molecular flexibility index (Phi) is 3.48. The number of benzene rings is 1. The first-order valence-electron chi connectivity index (χ1n) is 5.57. The van der Waals surface area contributed by atoms with Gasteiger partial charge in [-0.1, -0.05) is 0 Å². The van der Waals surface area contributed by atoms with Crippen LogP contribution in [-0.4, -0.2) is 45.7 Å². The van der Waals surface area contributed by atoms with Gasteiger partial charge in [-0.05, 0) is 18.2 Å². The third-order valence-electron chi connectivity index (χ3n) is 2.99. The third kappa shape index (κ3) is 2.55. The van der Waals surface area contributed by atoms with Crippen molar-refractivity contribution in [2.24, 2.45) is 0 Å². The number of hydrogen-bond donors (Lipinski definition) is 2. The summed E-state index contributed by atoms with van der Waals surface area (Å²) in [6.07, 6.45) is -1.01. The number of aliphatic carboxylic acids is 1. The normalized spacial score (nSPS) is 22.6. The van der Waals surface area contributed by atoms with Gasteiger partial charge in [0.1, 0.15) is 6.04 Å². The van der Waals surface area contributed by atoms with E-state index in [4.69, 9.17) is 5.11 Å². The van der Waals surface area contributed by atoms with E-state index in [-0.39, 0.29) is 18.5 Å². The molecule has 0 saturated carbocycles. The smallest absolute Gasteiger partial charge is 0.326 e. The minimum absolute atomic E-state index is 0.0786. The molecule has 0 aliphatic carbocycles. The molecular formula is C12H11F2NO4. The Hall–Kier alpha value is -2.02. The van der Waals surface area contributed by atoms with Crippen molar-refractivity contribution in [3.8, 4) is 0 Å². The Balaban J connectivity index is 2.27. The maximum absolute atomic E-state index is 13.0. The summed E-state index contributed by atoms with van der Waals surface area (Å²) in [4.78, 5) is 24.0. The largest absolute Gasteiger partial charge is 0.480 e. The lowest BCUT2D eigenvalue weighted by Crippen LogP contribution is -2.40. The van der Waals surface area contributed by atoms with Gasteiger partial charge in [0.25, 0.3) is 5.91 Å². The van der Waals surface area contributed by atoms with E-state index >= 15 is 0 Å². The topological polar surface area (TPSA) is 77.8 Å². The number of β-amino-alcohol motifs (C(OH)–C–C–N with tert-alkyl or cyclic N) is 1. The third-order valence-corrected chi connectivity index (χ3v) is 2.99. The maximum atomic E-state index is 13.0. The van der Waals surface area contributed by atoms with Crippen LogP contribution in [0.5, 0.6) is 0 Å². The van der Waals surface area contributed by atoms with Crippen LogP contribution in [0.15, 0.2) is 18.2 Å². The predicted octanol–water partition coefficient (Wildman–Crippen LogP) is 0.625. The van der Waals surface area contributed by atoms with E-state index in [0.29, 0.717) is 6.07 Å². The molecule has 19 heavy (non-hydrogen) atoms. The van der Waals surface area contributed by atoms with Crippen molar-refractivity contribution < 1.29 is 28.6 Å². The number of rotatable bonds is 2. The molecule has 2 rings (SSSR count). The molecule has 1 aromatic rings. The van der Waals surface area contributed by atoms with Gasteiger partial charge in [0, 0.05) is 18.5 Å². The summed E-state index contributed by atoms with van der Waals surface area (Å²) >= 11 is 0. The number of carboxylic acids is 1. The number of carbonyl (C=O) groups excluding carboxylic acids is 1. The van der Waals surface area contributed by atoms with Crippen LogP contribution in [0.25, 0.3) is 0 Å². The van der Waals surface area contributed by atoms with Crippen molar-refractivity contribution in [2.75, 3.05) is 6.54 Å². The molecule has 1 heterocycles. The van der Waals surface area contributed by atoms with Crippen LogP contribution < -0.4 is 0 Å². The van der Waals surface area contributed by atoms with Gasteiger partial charge in [-0.25, -0.2) is 13.6 Å². The van der Waals surface area contributed by atoms with E-state index < -0.39 is 35.7 Å². The monoisotopic (exact) mass is 271 g/mol. The number of amides is 1. The number of hydrogen-bond acceptors (Lipinski definition) is 3. The lowest BCUT2D eigenvalue weighted by molar-refractivity contribution is -0.141. The van der Waals surface area contributed by atoms with Gasteiger partial charge in [0.05, 0.1) is 6.10 Å². The number of likely N-dealkylation sites (tertiary alicyclic amines) is 1. The maximum Gasteiger partial charge on any atom is 0.326 e. The second-order valence-corrected chi connectivity index (χ2v) is 4.33. The summed E-state index contributed by atoms with van der Waals surface area (Å²) in [5.74, 6) is -4.26. The summed E-state index contributed by atoms with van der Waals surface area (Å²) in [6.45, 7) is -0.144. The molecule has 0 spiro atoms. The van der Waals surface area contributed by atoms with Crippen LogP contribution in [-0.2, 0) is 4.79 Å². The Bertz CT molecular complexity index is 534. The average molecular weight is 271 g/mol. The van der Waals surface area contributed by atoms with Gasteiger partial charge < -0.3 is 15.1 Å². The molecule has 1 aliphatic heterocycles. The van der Waals surface area contributed by atoms with Crippen LogP contribution in [0.2, 0.25) is 0 Å². The SMILES string of the molecule is O=C(O)[C@H]1C[C@@H](O)CN1C(=O)c1ccc(F)c(F)c1. The first-order chi connectivity index (χ1) is 8.90. The Morgan fingerprint density at radius 1 is 1.26 bits per heavy atom. The molecular weight excluding hydrogens is 260 g/mol. The number of carboxylic acid groups (broad SMARTS) is 1. The zero-order valence-electron chi connectivity index (χ0n) is 9.72. The van der Waals surface area contributed by atoms with Crippen molar-refractivity contribution in [3.63, 3.8) is 0 Å². The zero-order valence-corrected chi connectivity index (χ0v) is 9.72. The van der Waals surface area contributed by atoms with Gasteiger partial charge in [-0.15, -0.1) is 0 Å². The van der Waals surface area contributed by atoms with Crippen molar-refractivity contribution in [3.05, 3.63) is 35.4 Å². The molecule has 0 radical (unpaired) electrons.